The zero-order valence-electron chi connectivity index (χ0n) is 28.1. The Balaban J connectivity index is 1.58. The highest BCUT2D eigenvalue weighted by atomic mass is 16.5. The van der Waals surface area contributed by atoms with Gasteiger partial charge in [-0.3, -0.25) is 14.4 Å². The first-order valence-corrected chi connectivity index (χ1v) is 16.6. The molecule has 0 fully saturated rings. The van der Waals surface area contributed by atoms with Crippen LogP contribution in [0.1, 0.15) is 61.5 Å². The topological polar surface area (TPSA) is 108 Å². The first kappa shape index (κ1) is 35.6. The number of likely N-dealkylation sites (N-methyl/N-ethyl adjacent to an activating group) is 1. The van der Waals surface area contributed by atoms with Gasteiger partial charge in [0.05, 0.1) is 43.3 Å². The van der Waals surface area contributed by atoms with E-state index in [-0.39, 0.29) is 55.4 Å². The molecule has 3 aromatic rings. The van der Waals surface area contributed by atoms with Crippen molar-refractivity contribution in [1.82, 2.24) is 9.80 Å². The molecule has 4 atom stereocenters. The largest absolute Gasteiger partial charge is 0.490 e. The maximum atomic E-state index is 14.3. The molecule has 9 heteroatoms. The number of amides is 3. The molecule has 9 nitrogen and oxygen atoms in total. The molecule has 4 rings (SSSR count). The summed E-state index contributed by atoms with van der Waals surface area (Å²) < 4.78 is 12.7. The van der Waals surface area contributed by atoms with Crippen LogP contribution in [0.2, 0.25) is 0 Å². The molecule has 0 unspecified atom stereocenters. The zero-order chi connectivity index (χ0) is 33.8. The third kappa shape index (κ3) is 10.7. The molecule has 1 aliphatic heterocycles. The van der Waals surface area contributed by atoms with Crippen molar-refractivity contribution in [3.8, 4) is 5.75 Å². The maximum Gasteiger partial charge on any atom is 0.258 e. The van der Waals surface area contributed by atoms with Crippen LogP contribution in [0, 0.1) is 5.92 Å². The highest BCUT2D eigenvalue weighted by Gasteiger charge is 2.31. The van der Waals surface area contributed by atoms with E-state index in [1.54, 1.807) is 42.0 Å². The number of ether oxygens (including phenoxy) is 2. The van der Waals surface area contributed by atoms with E-state index in [1.165, 1.54) is 0 Å². The van der Waals surface area contributed by atoms with Crippen LogP contribution in [0.3, 0.4) is 0 Å². The van der Waals surface area contributed by atoms with Gasteiger partial charge in [-0.1, -0.05) is 67.6 Å². The number of benzene rings is 3. The highest BCUT2D eigenvalue weighted by Crippen LogP contribution is 2.28. The third-order valence-electron chi connectivity index (χ3n) is 8.62. The van der Waals surface area contributed by atoms with E-state index in [2.05, 4.69) is 5.32 Å². The molecule has 0 radical (unpaired) electrons. The minimum atomic E-state index is -0.502. The maximum absolute atomic E-state index is 14.3. The molecule has 0 aliphatic carbocycles. The molecule has 0 aromatic heterocycles. The molecule has 0 saturated carbocycles. The molecular weight excluding hydrogens is 594 g/mol. The summed E-state index contributed by atoms with van der Waals surface area (Å²) in [4.78, 5) is 43.7. The average Bonchev–Trinajstić information content (AvgIpc) is 3.06. The van der Waals surface area contributed by atoms with Gasteiger partial charge in [0.25, 0.3) is 5.91 Å². The molecule has 3 aromatic carbocycles. The van der Waals surface area contributed by atoms with Crippen molar-refractivity contribution in [2.75, 3.05) is 38.7 Å². The number of aliphatic hydroxyl groups excluding tert-OH is 1. The molecule has 0 bridgehead atoms. The summed E-state index contributed by atoms with van der Waals surface area (Å²) in [5.41, 5.74) is 2.63. The van der Waals surface area contributed by atoms with Crippen LogP contribution in [-0.2, 0) is 27.2 Å². The third-order valence-corrected chi connectivity index (χ3v) is 8.62. The van der Waals surface area contributed by atoms with E-state index in [9.17, 15) is 19.5 Å². The van der Waals surface area contributed by atoms with Gasteiger partial charge >= 0.3 is 0 Å². The van der Waals surface area contributed by atoms with Crippen molar-refractivity contribution >= 4 is 23.4 Å². The number of aliphatic hydroxyl groups is 1. The van der Waals surface area contributed by atoms with Crippen LogP contribution < -0.4 is 10.1 Å². The predicted molar refractivity (Wildman–Crippen MR) is 183 cm³/mol. The molecule has 47 heavy (non-hydrogen) atoms. The molecule has 3 amide bonds. The second-order valence-corrected chi connectivity index (χ2v) is 12.7. The quantitative estimate of drug-likeness (QED) is 0.325. The number of anilines is 1. The molecule has 0 saturated heterocycles. The van der Waals surface area contributed by atoms with E-state index in [0.717, 1.165) is 30.4 Å². The molecular formula is C38H49N3O6. The number of hydrogen-bond donors (Lipinski definition) is 2. The predicted octanol–water partition coefficient (Wildman–Crippen LogP) is 5.36. The van der Waals surface area contributed by atoms with E-state index in [4.69, 9.17) is 9.47 Å². The van der Waals surface area contributed by atoms with Crippen LogP contribution >= 0.6 is 0 Å². The van der Waals surface area contributed by atoms with Crippen molar-refractivity contribution < 1.29 is 29.0 Å². The van der Waals surface area contributed by atoms with E-state index in [1.807, 2.05) is 74.5 Å². The van der Waals surface area contributed by atoms with Crippen LogP contribution in [0.15, 0.2) is 78.9 Å². The Kier molecular flexibility index (Phi) is 13.4. The molecule has 1 aliphatic rings. The smallest absolute Gasteiger partial charge is 0.258 e. The van der Waals surface area contributed by atoms with Crippen LogP contribution in [0.4, 0.5) is 5.69 Å². The Bertz CT molecular complexity index is 1450. The monoisotopic (exact) mass is 643 g/mol. The lowest BCUT2D eigenvalue weighted by Crippen LogP contribution is -2.48. The first-order chi connectivity index (χ1) is 22.6. The average molecular weight is 644 g/mol. The van der Waals surface area contributed by atoms with Crippen molar-refractivity contribution in [1.29, 1.82) is 0 Å². The van der Waals surface area contributed by atoms with Gasteiger partial charge in [0.1, 0.15) is 5.75 Å². The van der Waals surface area contributed by atoms with E-state index in [0.29, 0.717) is 36.6 Å². The van der Waals surface area contributed by atoms with Crippen LogP contribution in [0.5, 0.6) is 5.75 Å². The van der Waals surface area contributed by atoms with Crippen molar-refractivity contribution in [3.05, 3.63) is 95.6 Å². The van der Waals surface area contributed by atoms with Gasteiger partial charge in [-0.05, 0) is 62.4 Å². The summed E-state index contributed by atoms with van der Waals surface area (Å²) in [5.74, 6) is -0.254. The minimum absolute atomic E-state index is 0.00944. The standard InChI is InChI=1S/C38H49N3O6/c1-27-24-41(28(2)26-42)38(45)33-23-32(39-36(43)21-30-14-7-5-8-15-30)18-19-34(33)47-29(3)13-11-12-20-46-35(27)25-40(4)37(44)22-31-16-9-6-10-17-31/h5-10,14-19,23,27-29,35,42H,11-13,20-22,24-26H2,1-4H3,(H,39,43)/t27-,28-,29+,35-/m0/s1. The number of hydrogen-bond acceptors (Lipinski definition) is 6. The number of fused-ring (bicyclic) bond motifs is 1. The zero-order valence-corrected chi connectivity index (χ0v) is 28.1. The van der Waals surface area contributed by atoms with Gasteiger partial charge in [-0.15, -0.1) is 0 Å². The number of rotatable bonds is 9. The van der Waals surface area contributed by atoms with Crippen LogP contribution in [-0.4, -0.2) is 84.2 Å². The summed E-state index contributed by atoms with van der Waals surface area (Å²) in [5, 5.41) is 13.2. The minimum Gasteiger partial charge on any atom is -0.490 e. The van der Waals surface area contributed by atoms with Gasteiger partial charge in [0, 0.05) is 38.3 Å². The number of carbonyl (C=O) groups excluding carboxylic acids is 3. The van der Waals surface area contributed by atoms with Gasteiger partial charge in [0.15, 0.2) is 0 Å². The van der Waals surface area contributed by atoms with Crippen molar-refractivity contribution in [2.24, 2.45) is 5.92 Å². The summed E-state index contributed by atoms with van der Waals surface area (Å²) in [6.45, 7) is 6.72. The Hall–Kier alpha value is -4.21. The molecule has 252 valence electrons. The lowest BCUT2D eigenvalue weighted by molar-refractivity contribution is -0.131. The Morgan fingerprint density at radius 1 is 0.979 bits per heavy atom. The lowest BCUT2D eigenvalue weighted by atomic mass is 10.0. The lowest BCUT2D eigenvalue weighted by Gasteiger charge is -2.36. The summed E-state index contributed by atoms with van der Waals surface area (Å²) in [6, 6.07) is 23.8. The number of carbonyl (C=O) groups is 3. The SMILES string of the molecule is C[C@@H]1CCCCO[C@@H](CN(C)C(=O)Cc2ccccc2)[C@@H](C)CN([C@@H](C)CO)C(=O)c2cc(NC(=O)Cc3ccccc3)ccc2O1. The molecule has 0 spiro atoms. The summed E-state index contributed by atoms with van der Waals surface area (Å²) in [7, 11) is 1.79. The summed E-state index contributed by atoms with van der Waals surface area (Å²) in [6.07, 6.45) is 2.46. The second kappa shape index (κ2) is 17.6. The van der Waals surface area contributed by atoms with E-state index >= 15 is 0 Å². The van der Waals surface area contributed by atoms with Crippen molar-refractivity contribution in [2.45, 2.75) is 71.1 Å². The fraction of sp³-hybridized carbons (Fsp3) is 0.447. The highest BCUT2D eigenvalue weighted by molar-refractivity contribution is 6.00. The fourth-order valence-electron chi connectivity index (χ4n) is 5.73. The first-order valence-electron chi connectivity index (χ1n) is 16.6. The van der Waals surface area contributed by atoms with Gasteiger partial charge < -0.3 is 29.7 Å². The Labute approximate surface area is 278 Å². The number of nitrogens with one attached hydrogen (secondary N) is 1. The second-order valence-electron chi connectivity index (χ2n) is 12.7. The van der Waals surface area contributed by atoms with Gasteiger partial charge in [-0.2, -0.15) is 0 Å². The molecule has 2 N–H and O–H groups in total. The van der Waals surface area contributed by atoms with Gasteiger partial charge in [0.2, 0.25) is 11.8 Å². The Morgan fingerprint density at radius 3 is 2.30 bits per heavy atom. The van der Waals surface area contributed by atoms with Crippen LogP contribution in [0.25, 0.3) is 0 Å². The molecule has 1 heterocycles. The fourth-order valence-corrected chi connectivity index (χ4v) is 5.73. The normalized spacial score (nSPS) is 19.9. The Morgan fingerprint density at radius 2 is 1.64 bits per heavy atom. The van der Waals surface area contributed by atoms with Gasteiger partial charge in [-0.25, -0.2) is 0 Å². The van der Waals surface area contributed by atoms with E-state index < -0.39 is 6.04 Å². The van der Waals surface area contributed by atoms with Crippen molar-refractivity contribution in [3.63, 3.8) is 0 Å². The summed E-state index contributed by atoms with van der Waals surface area (Å²) >= 11 is 0. The number of nitrogens with zero attached hydrogens (tertiary/aromatic N) is 2.